The molecule has 15 heteroatoms. The average molecular weight is 585 g/mol. The Bertz CT molecular complexity index is 1430. The summed E-state index contributed by atoms with van der Waals surface area (Å²) in [6.45, 7) is 1.02. The first-order chi connectivity index (χ1) is 17.4. The summed E-state index contributed by atoms with van der Waals surface area (Å²) in [5.41, 5.74) is -7.96. The van der Waals surface area contributed by atoms with Crippen LogP contribution in [-0.2, 0) is 18.8 Å². The number of pyridine rings is 2. The van der Waals surface area contributed by atoms with Crippen LogP contribution in [0.15, 0.2) is 47.5 Å². The molecule has 0 aliphatic carbocycles. The van der Waals surface area contributed by atoms with Crippen LogP contribution in [0, 0.1) is 0 Å². The standard InChI is InChI=1S/C23H16Cl2F6N2O5/c1-10(21(37,23(29,30)31)11-5-17(25)19(34)33(2)9-11)13-4-3-12(6-16(13)24)38-18-7-15(22(26,27)28)14(8-32-18)20(35)36/h3-10,37H,1-2H3,(H,35,36). The Balaban J connectivity index is 2.02. The van der Waals surface area contributed by atoms with Gasteiger partial charge >= 0.3 is 18.3 Å². The van der Waals surface area contributed by atoms with Crippen LogP contribution in [0.3, 0.4) is 0 Å². The molecule has 38 heavy (non-hydrogen) atoms. The minimum absolute atomic E-state index is 0.228. The highest BCUT2D eigenvalue weighted by Crippen LogP contribution is 2.50. The predicted octanol–water partition coefficient (Wildman–Crippen LogP) is 6.15. The molecule has 3 rings (SSSR count). The van der Waals surface area contributed by atoms with Gasteiger partial charge in [-0.3, -0.25) is 4.79 Å². The van der Waals surface area contributed by atoms with E-state index in [1.54, 1.807) is 0 Å². The number of carboxylic acids is 1. The Morgan fingerprint density at radius 1 is 1.08 bits per heavy atom. The number of nitrogens with zero attached hydrogens (tertiary/aromatic N) is 2. The largest absolute Gasteiger partial charge is 0.478 e. The fourth-order valence-corrected chi connectivity index (χ4v) is 4.29. The number of alkyl halides is 6. The number of hydrogen-bond acceptors (Lipinski definition) is 5. The van der Waals surface area contributed by atoms with Crippen molar-refractivity contribution in [3.8, 4) is 11.6 Å². The highest BCUT2D eigenvalue weighted by Gasteiger charge is 2.59. The lowest BCUT2D eigenvalue weighted by Crippen LogP contribution is -2.47. The molecule has 0 amide bonds. The van der Waals surface area contributed by atoms with Crippen molar-refractivity contribution in [1.29, 1.82) is 0 Å². The van der Waals surface area contributed by atoms with Crippen molar-refractivity contribution < 1.29 is 46.1 Å². The molecule has 0 aliphatic heterocycles. The van der Waals surface area contributed by atoms with Gasteiger partial charge in [0.2, 0.25) is 5.88 Å². The van der Waals surface area contributed by atoms with Gasteiger partial charge in [0.1, 0.15) is 10.8 Å². The first kappa shape index (κ1) is 29.3. The number of halogens is 8. The van der Waals surface area contributed by atoms with Crippen molar-refractivity contribution >= 4 is 29.2 Å². The molecule has 204 valence electrons. The molecule has 0 aliphatic rings. The summed E-state index contributed by atoms with van der Waals surface area (Å²) >= 11 is 11.9. The van der Waals surface area contributed by atoms with E-state index in [-0.39, 0.29) is 16.3 Å². The molecule has 1 aromatic carbocycles. The number of benzene rings is 1. The second-order valence-corrected chi connectivity index (χ2v) is 8.95. The van der Waals surface area contributed by atoms with E-state index in [1.807, 2.05) is 0 Å². The highest BCUT2D eigenvalue weighted by molar-refractivity contribution is 6.31. The summed E-state index contributed by atoms with van der Waals surface area (Å²) in [6, 6.07) is 4.16. The number of hydrogen-bond donors (Lipinski definition) is 2. The van der Waals surface area contributed by atoms with Gasteiger partial charge in [-0.15, -0.1) is 0 Å². The molecular weight excluding hydrogens is 569 g/mol. The monoisotopic (exact) mass is 584 g/mol. The van der Waals surface area contributed by atoms with Gasteiger partial charge in [-0.2, -0.15) is 26.3 Å². The number of aryl methyl sites for hydroxylation is 1. The fraction of sp³-hybridized carbons (Fsp3) is 0.261. The lowest BCUT2D eigenvalue weighted by atomic mass is 9.78. The maximum atomic E-state index is 14.2. The van der Waals surface area contributed by atoms with Gasteiger partial charge in [-0.1, -0.05) is 36.2 Å². The summed E-state index contributed by atoms with van der Waals surface area (Å²) in [6.07, 6.45) is -9.08. The van der Waals surface area contributed by atoms with Gasteiger partial charge in [0.25, 0.3) is 5.56 Å². The van der Waals surface area contributed by atoms with Crippen molar-refractivity contribution in [3.63, 3.8) is 0 Å². The maximum absolute atomic E-state index is 14.2. The lowest BCUT2D eigenvalue weighted by molar-refractivity contribution is -0.274. The number of aromatic carboxylic acids is 1. The summed E-state index contributed by atoms with van der Waals surface area (Å²) in [5, 5.41) is 19.0. The third kappa shape index (κ3) is 5.45. The molecule has 0 bridgehead atoms. The topological polar surface area (TPSA) is 102 Å². The normalized spacial score (nSPS) is 14.6. The average Bonchev–Trinajstić information content (AvgIpc) is 2.80. The summed E-state index contributed by atoms with van der Waals surface area (Å²) in [4.78, 5) is 26.4. The number of carboxylic acid groups (broad SMARTS) is 1. The van der Waals surface area contributed by atoms with Crippen LogP contribution < -0.4 is 10.3 Å². The maximum Gasteiger partial charge on any atom is 0.422 e. The molecule has 0 saturated carbocycles. The number of aromatic nitrogens is 2. The van der Waals surface area contributed by atoms with Crippen molar-refractivity contribution in [2.75, 3.05) is 0 Å². The van der Waals surface area contributed by atoms with E-state index in [9.17, 15) is 41.0 Å². The van der Waals surface area contributed by atoms with Crippen molar-refractivity contribution in [2.45, 2.75) is 30.8 Å². The van der Waals surface area contributed by atoms with Crippen molar-refractivity contribution in [1.82, 2.24) is 9.55 Å². The Kier molecular flexibility index (Phi) is 7.79. The number of aliphatic hydroxyl groups is 1. The lowest BCUT2D eigenvalue weighted by Gasteiger charge is -2.37. The van der Waals surface area contributed by atoms with Gasteiger partial charge in [0, 0.05) is 42.0 Å². The molecule has 0 fully saturated rings. The van der Waals surface area contributed by atoms with Gasteiger partial charge < -0.3 is 19.5 Å². The zero-order valence-corrected chi connectivity index (χ0v) is 20.7. The van der Waals surface area contributed by atoms with Crippen LogP contribution in [0.2, 0.25) is 10.0 Å². The van der Waals surface area contributed by atoms with E-state index in [0.717, 1.165) is 42.9 Å². The van der Waals surface area contributed by atoms with E-state index >= 15 is 0 Å². The van der Waals surface area contributed by atoms with E-state index in [2.05, 4.69) is 4.98 Å². The van der Waals surface area contributed by atoms with E-state index in [4.69, 9.17) is 33.0 Å². The summed E-state index contributed by atoms with van der Waals surface area (Å²) in [5.74, 6) is -4.54. The second kappa shape index (κ2) is 10.1. The van der Waals surface area contributed by atoms with E-state index < -0.39 is 63.0 Å². The van der Waals surface area contributed by atoms with Gasteiger partial charge in [-0.05, 0) is 23.8 Å². The minimum atomic E-state index is -5.27. The number of rotatable bonds is 6. The van der Waals surface area contributed by atoms with Crippen LogP contribution in [-0.4, -0.2) is 31.9 Å². The molecular formula is C23H16Cl2F6N2O5. The molecule has 0 radical (unpaired) electrons. The molecule has 2 N–H and O–H groups in total. The second-order valence-electron chi connectivity index (χ2n) is 8.14. The Labute approximate surface area is 219 Å². The number of ether oxygens (including phenoxy) is 1. The number of carbonyl (C=O) groups is 1. The molecule has 0 spiro atoms. The minimum Gasteiger partial charge on any atom is -0.478 e. The summed E-state index contributed by atoms with van der Waals surface area (Å²) in [7, 11) is 1.15. The smallest absolute Gasteiger partial charge is 0.422 e. The van der Waals surface area contributed by atoms with Gasteiger partial charge in [0.15, 0.2) is 5.60 Å². The van der Waals surface area contributed by atoms with E-state index in [0.29, 0.717) is 18.3 Å². The predicted molar refractivity (Wildman–Crippen MR) is 123 cm³/mol. The Morgan fingerprint density at radius 3 is 2.21 bits per heavy atom. The summed E-state index contributed by atoms with van der Waals surface area (Å²) < 4.78 is 88.4. The van der Waals surface area contributed by atoms with Crippen LogP contribution in [0.25, 0.3) is 0 Å². The molecule has 2 heterocycles. The van der Waals surface area contributed by atoms with Crippen LogP contribution >= 0.6 is 23.2 Å². The van der Waals surface area contributed by atoms with Gasteiger partial charge in [0.05, 0.1) is 11.1 Å². The zero-order valence-electron chi connectivity index (χ0n) is 19.2. The van der Waals surface area contributed by atoms with Crippen molar-refractivity contribution in [2.24, 2.45) is 7.05 Å². The quantitative estimate of drug-likeness (QED) is 0.337. The Morgan fingerprint density at radius 2 is 1.71 bits per heavy atom. The third-order valence-electron chi connectivity index (χ3n) is 5.71. The molecule has 2 atom stereocenters. The Hall–Kier alpha value is -3.29. The molecule has 7 nitrogen and oxygen atoms in total. The van der Waals surface area contributed by atoms with Crippen molar-refractivity contribution in [3.05, 3.63) is 85.4 Å². The van der Waals surface area contributed by atoms with Crippen LogP contribution in [0.5, 0.6) is 11.6 Å². The molecule has 2 unspecified atom stereocenters. The van der Waals surface area contributed by atoms with Crippen LogP contribution in [0.4, 0.5) is 26.3 Å². The first-order valence-corrected chi connectivity index (χ1v) is 11.1. The SMILES string of the molecule is CC(c1ccc(Oc2cc(C(F)(F)F)c(C(=O)O)cn2)cc1Cl)C(O)(c1cc(Cl)c(=O)n(C)c1)C(F)(F)F. The molecule has 3 aromatic rings. The highest BCUT2D eigenvalue weighted by atomic mass is 35.5. The molecule has 0 saturated heterocycles. The zero-order chi connectivity index (χ0) is 28.8. The first-order valence-electron chi connectivity index (χ1n) is 10.3. The fourth-order valence-electron chi connectivity index (χ4n) is 3.70. The third-order valence-corrected chi connectivity index (χ3v) is 6.31. The van der Waals surface area contributed by atoms with E-state index in [1.165, 1.54) is 0 Å². The van der Waals surface area contributed by atoms with Gasteiger partial charge in [-0.25, -0.2) is 9.78 Å². The molecule has 2 aromatic heterocycles. The van der Waals surface area contributed by atoms with Crippen LogP contribution in [0.1, 0.15) is 39.9 Å².